The molecule has 0 bridgehead atoms. The molecule has 17 heavy (non-hydrogen) atoms. The van der Waals surface area contributed by atoms with Gasteiger partial charge in [0.15, 0.2) is 0 Å². The molecule has 2 rings (SSSR count). The average Bonchev–Trinajstić information content (AvgIpc) is 2.73. The van der Waals surface area contributed by atoms with Crippen LogP contribution in [0.1, 0.15) is 23.5 Å². The van der Waals surface area contributed by atoms with Gasteiger partial charge in [0.05, 0.1) is 9.89 Å². The van der Waals surface area contributed by atoms with Crippen molar-refractivity contribution in [1.29, 1.82) is 0 Å². The Hall–Kier alpha value is -0.840. The molecule has 1 heterocycles. The second kappa shape index (κ2) is 5.67. The van der Waals surface area contributed by atoms with Gasteiger partial charge >= 0.3 is 0 Å². The molecular formula is C13H13BrO2S. The van der Waals surface area contributed by atoms with Crippen LogP contribution < -0.4 is 4.74 Å². The molecule has 90 valence electrons. The minimum Gasteiger partial charge on any atom is -0.488 e. The van der Waals surface area contributed by atoms with Gasteiger partial charge in [-0.1, -0.05) is 18.2 Å². The molecule has 1 unspecified atom stereocenters. The Balaban J connectivity index is 2.08. The zero-order valence-corrected chi connectivity index (χ0v) is 11.8. The topological polar surface area (TPSA) is 29.5 Å². The Morgan fingerprint density at radius 1 is 1.29 bits per heavy atom. The molecule has 0 aliphatic heterocycles. The van der Waals surface area contributed by atoms with E-state index in [1.54, 1.807) is 18.3 Å². The minimum absolute atomic E-state index is 0.513. The predicted molar refractivity (Wildman–Crippen MR) is 73.4 cm³/mol. The van der Waals surface area contributed by atoms with Crippen LogP contribution in [0, 0.1) is 0 Å². The van der Waals surface area contributed by atoms with E-state index in [2.05, 4.69) is 15.9 Å². The maximum Gasteiger partial charge on any atom is 0.125 e. The summed E-state index contributed by atoms with van der Waals surface area (Å²) in [7, 11) is 0. The second-order valence-electron chi connectivity index (χ2n) is 3.71. The van der Waals surface area contributed by atoms with Crippen molar-refractivity contribution in [3.8, 4) is 5.75 Å². The Kier molecular flexibility index (Phi) is 4.20. The van der Waals surface area contributed by atoms with Crippen molar-refractivity contribution < 1.29 is 9.84 Å². The number of benzene rings is 1. The van der Waals surface area contributed by atoms with Crippen molar-refractivity contribution in [1.82, 2.24) is 0 Å². The lowest BCUT2D eigenvalue weighted by Crippen LogP contribution is -1.99. The molecule has 1 atom stereocenters. The van der Waals surface area contributed by atoms with Crippen molar-refractivity contribution in [2.24, 2.45) is 0 Å². The van der Waals surface area contributed by atoms with E-state index in [-0.39, 0.29) is 0 Å². The van der Waals surface area contributed by atoms with Gasteiger partial charge in [-0.25, -0.2) is 0 Å². The third kappa shape index (κ3) is 3.31. The number of halogens is 1. The summed E-state index contributed by atoms with van der Waals surface area (Å²) in [6, 6.07) is 11.6. The highest BCUT2D eigenvalue weighted by Crippen LogP contribution is 2.27. The highest BCUT2D eigenvalue weighted by Gasteiger charge is 2.08. The summed E-state index contributed by atoms with van der Waals surface area (Å²) in [5.41, 5.74) is 0.822. The summed E-state index contributed by atoms with van der Waals surface area (Å²) < 4.78 is 6.82. The summed E-state index contributed by atoms with van der Waals surface area (Å²) in [6.45, 7) is 2.27. The summed E-state index contributed by atoms with van der Waals surface area (Å²) in [6.07, 6.45) is -0.513. The van der Waals surface area contributed by atoms with E-state index in [0.717, 1.165) is 20.0 Å². The van der Waals surface area contributed by atoms with Crippen LogP contribution in [0.25, 0.3) is 0 Å². The van der Waals surface area contributed by atoms with Gasteiger partial charge in [0.2, 0.25) is 0 Å². The van der Waals surface area contributed by atoms with Crippen LogP contribution in [0.2, 0.25) is 0 Å². The van der Waals surface area contributed by atoms with Crippen LogP contribution in [-0.2, 0) is 6.61 Å². The number of hydrogen-bond donors (Lipinski definition) is 1. The normalized spacial score (nSPS) is 12.4. The van der Waals surface area contributed by atoms with Gasteiger partial charge in [-0.15, -0.1) is 11.3 Å². The lowest BCUT2D eigenvalue weighted by Gasteiger charge is -2.12. The maximum absolute atomic E-state index is 9.62. The van der Waals surface area contributed by atoms with Gasteiger partial charge < -0.3 is 9.84 Å². The second-order valence-corrected chi connectivity index (χ2v) is 6.26. The van der Waals surface area contributed by atoms with E-state index in [9.17, 15) is 5.11 Å². The lowest BCUT2D eigenvalue weighted by atomic mass is 10.1. The molecule has 1 N–H and O–H groups in total. The molecule has 0 aliphatic carbocycles. The molecule has 0 amide bonds. The highest BCUT2D eigenvalue weighted by atomic mass is 79.9. The Morgan fingerprint density at radius 3 is 2.71 bits per heavy atom. The first-order valence-electron chi connectivity index (χ1n) is 5.31. The van der Waals surface area contributed by atoms with E-state index in [1.165, 1.54) is 0 Å². The third-order valence-electron chi connectivity index (χ3n) is 2.37. The van der Waals surface area contributed by atoms with Crippen molar-refractivity contribution in [2.45, 2.75) is 19.6 Å². The van der Waals surface area contributed by atoms with E-state index in [1.807, 2.05) is 36.4 Å². The smallest absolute Gasteiger partial charge is 0.125 e. The van der Waals surface area contributed by atoms with Gasteiger partial charge in [0, 0.05) is 10.4 Å². The van der Waals surface area contributed by atoms with E-state index < -0.39 is 6.10 Å². The van der Waals surface area contributed by atoms with E-state index in [4.69, 9.17) is 4.74 Å². The SMILES string of the molecule is CC(O)c1ccccc1OCc1ccc(Br)s1. The van der Waals surface area contributed by atoms with Crippen LogP contribution in [0.15, 0.2) is 40.2 Å². The summed E-state index contributed by atoms with van der Waals surface area (Å²) in [5, 5.41) is 9.62. The van der Waals surface area contributed by atoms with Gasteiger partial charge in [-0.05, 0) is 41.1 Å². The number of aliphatic hydroxyl groups is 1. The molecule has 1 aromatic carbocycles. The fourth-order valence-electron chi connectivity index (χ4n) is 1.54. The first-order chi connectivity index (χ1) is 8.16. The van der Waals surface area contributed by atoms with E-state index in [0.29, 0.717) is 6.61 Å². The number of thiophene rings is 1. The van der Waals surface area contributed by atoms with Crippen molar-refractivity contribution in [3.63, 3.8) is 0 Å². The van der Waals surface area contributed by atoms with E-state index >= 15 is 0 Å². The molecule has 0 spiro atoms. The van der Waals surface area contributed by atoms with Crippen molar-refractivity contribution in [3.05, 3.63) is 50.6 Å². The molecule has 2 aromatic rings. The van der Waals surface area contributed by atoms with Crippen LogP contribution in [0.4, 0.5) is 0 Å². The van der Waals surface area contributed by atoms with Crippen LogP contribution in [0.3, 0.4) is 0 Å². The fraction of sp³-hybridized carbons (Fsp3) is 0.231. The van der Waals surface area contributed by atoms with Gasteiger partial charge in [0.25, 0.3) is 0 Å². The van der Waals surface area contributed by atoms with Gasteiger partial charge in [-0.2, -0.15) is 0 Å². The van der Waals surface area contributed by atoms with Crippen molar-refractivity contribution in [2.75, 3.05) is 0 Å². The summed E-state index contributed by atoms with van der Waals surface area (Å²) >= 11 is 5.07. The van der Waals surface area contributed by atoms with Crippen LogP contribution in [-0.4, -0.2) is 5.11 Å². The Bertz CT molecular complexity index is 494. The zero-order chi connectivity index (χ0) is 12.3. The number of hydrogen-bond acceptors (Lipinski definition) is 3. The minimum atomic E-state index is -0.513. The molecule has 4 heteroatoms. The standard InChI is InChI=1S/C13H13BrO2S/c1-9(15)11-4-2-3-5-12(11)16-8-10-6-7-13(14)17-10/h2-7,9,15H,8H2,1H3. The molecule has 2 nitrogen and oxygen atoms in total. The number of aliphatic hydroxyl groups excluding tert-OH is 1. The molecule has 0 fully saturated rings. The number of para-hydroxylation sites is 1. The Labute approximate surface area is 113 Å². The lowest BCUT2D eigenvalue weighted by molar-refractivity contribution is 0.190. The van der Waals surface area contributed by atoms with Crippen LogP contribution in [0.5, 0.6) is 5.75 Å². The first-order valence-corrected chi connectivity index (χ1v) is 6.92. The van der Waals surface area contributed by atoms with Crippen LogP contribution >= 0.6 is 27.3 Å². The number of rotatable bonds is 4. The molecule has 0 saturated heterocycles. The quantitative estimate of drug-likeness (QED) is 0.919. The molecule has 1 aromatic heterocycles. The largest absolute Gasteiger partial charge is 0.488 e. The van der Waals surface area contributed by atoms with Gasteiger partial charge in [0.1, 0.15) is 12.4 Å². The molecule has 0 aliphatic rings. The van der Waals surface area contributed by atoms with Crippen molar-refractivity contribution >= 4 is 27.3 Å². The molecule has 0 radical (unpaired) electrons. The zero-order valence-electron chi connectivity index (χ0n) is 9.39. The predicted octanol–water partition coefficient (Wildman–Crippen LogP) is 4.14. The third-order valence-corrected chi connectivity index (χ3v) is 3.97. The Morgan fingerprint density at radius 2 is 2.06 bits per heavy atom. The highest BCUT2D eigenvalue weighted by molar-refractivity contribution is 9.11. The maximum atomic E-state index is 9.62. The fourth-order valence-corrected chi connectivity index (χ4v) is 2.93. The number of ether oxygens (including phenoxy) is 1. The van der Waals surface area contributed by atoms with Gasteiger partial charge in [-0.3, -0.25) is 0 Å². The summed E-state index contributed by atoms with van der Waals surface area (Å²) in [4.78, 5) is 1.15. The average molecular weight is 313 g/mol. The summed E-state index contributed by atoms with van der Waals surface area (Å²) in [5.74, 6) is 0.743. The first kappa shape index (κ1) is 12.6. The molecular weight excluding hydrogens is 300 g/mol. The monoisotopic (exact) mass is 312 g/mol. The molecule has 0 saturated carbocycles.